The molecule has 2 rings (SSSR count). The zero-order chi connectivity index (χ0) is 10.7. The highest BCUT2D eigenvalue weighted by atomic mass is 16.5. The van der Waals surface area contributed by atoms with Gasteiger partial charge in [-0.05, 0) is 18.6 Å². The molecule has 0 atom stereocenters. The van der Waals surface area contributed by atoms with Gasteiger partial charge >= 0.3 is 0 Å². The molecule has 15 heavy (non-hydrogen) atoms. The molecule has 2 aromatic rings. The molecule has 76 valence electrons. The Hall–Kier alpha value is -1.83. The number of nitrogens with zero attached hydrogens (tertiary/aromatic N) is 1. The van der Waals surface area contributed by atoms with Crippen molar-refractivity contribution in [3.63, 3.8) is 0 Å². The normalized spacial score (nSPS) is 10.0. The van der Waals surface area contributed by atoms with Gasteiger partial charge in [0.15, 0.2) is 0 Å². The number of hydrogen-bond acceptors (Lipinski definition) is 2. The molecule has 0 saturated carbocycles. The lowest BCUT2D eigenvalue weighted by molar-refractivity contribution is 0.397. The average molecular weight is 199 g/mol. The van der Waals surface area contributed by atoms with Crippen molar-refractivity contribution in [3.05, 3.63) is 48.2 Å². The van der Waals surface area contributed by atoms with E-state index in [0.717, 1.165) is 11.3 Å². The minimum atomic E-state index is 0.659. The van der Waals surface area contributed by atoms with Crippen LogP contribution in [0.1, 0.15) is 5.69 Å². The van der Waals surface area contributed by atoms with Crippen molar-refractivity contribution in [2.75, 3.05) is 7.11 Å². The molecule has 2 nitrogen and oxygen atoms in total. The van der Waals surface area contributed by atoms with E-state index < -0.39 is 0 Å². The molecule has 0 amide bonds. The molecule has 0 unspecified atom stereocenters. The van der Waals surface area contributed by atoms with Crippen LogP contribution in [0.3, 0.4) is 0 Å². The summed E-state index contributed by atoms with van der Waals surface area (Å²) in [6.45, 7) is 1.99. The molecule has 0 aliphatic heterocycles. The number of ether oxygens (including phenoxy) is 1. The Bertz CT molecular complexity index is 451. The van der Waals surface area contributed by atoms with Gasteiger partial charge in [0, 0.05) is 17.3 Å². The van der Waals surface area contributed by atoms with Crippen molar-refractivity contribution in [2.24, 2.45) is 0 Å². The first-order valence-electron chi connectivity index (χ1n) is 4.88. The molecule has 0 radical (unpaired) electrons. The van der Waals surface area contributed by atoms with Crippen LogP contribution >= 0.6 is 0 Å². The van der Waals surface area contributed by atoms with Gasteiger partial charge in [-0.25, -0.2) is 4.98 Å². The summed E-state index contributed by atoms with van der Waals surface area (Å²) in [5, 5.41) is 0. The maximum absolute atomic E-state index is 5.07. The fraction of sp³-hybridized carbons (Fsp3) is 0.154. The molecule has 1 heterocycles. The Morgan fingerprint density at radius 3 is 2.33 bits per heavy atom. The molecule has 1 aromatic carbocycles. The van der Waals surface area contributed by atoms with Gasteiger partial charge in [0.25, 0.3) is 0 Å². The standard InChI is InChI=1S/C13H13NO/c1-10-12(8-9-13(14-10)15-2)11-6-4-3-5-7-11/h3-9H,1-2H3. The molecule has 1 aromatic heterocycles. The first kappa shape index (κ1) is 9.71. The van der Waals surface area contributed by atoms with Gasteiger partial charge < -0.3 is 4.74 Å². The van der Waals surface area contributed by atoms with E-state index >= 15 is 0 Å². The summed E-state index contributed by atoms with van der Waals surface area (Å²) >= 11 is 0. The van der Waals surface area contributed by atoms with Gasteiger partial charge in [-0.2, -0.15) is 0 Å². The average Bonchev–Trinajstić information content (AvgIpc) is 2.30. The molecule has 0 N–H and O–H groups in total. The highest BCUT2D eigenvalue weighted by molar-refractivity contribution is 5.65. The van der Waals surface area contributed by atoms with E-state index in [1.165, 1.54) is 5.56 Å². The van der Waals surface area contributed by atoms with Crippen molar-refractivity contribution in [1.29, 1.82) is 0 Å². The number of aryl methyl sites for hydroxylation is 1. The zero-order valence-electron chi connectivity index (χ0n) is 8.90. The maximum atomic E-state index is 5.07. The quantitative estimate of drug-likeness (QED) is 0.741. The van der Waals surface area contributed by atoms with E-state index in [0.29, 0.717) is 5.88 Å². The molecule has 2 heteroatoms. The first-order valence-corrected chi connectivity index (χ1v) is 4.88. The van der Waals surface area contributed by atoms with E-state index in [9.17, 15) is 0 Å². The number of aromatic nitrogens is 1. The molecule has 0 aliphatic rings. The van der Waals surface area contributed by atoms with Crippen LogP contribution in [0.2, 0.25) is 0 Å². The van der Waals surface area contributed by atoms with Crippen LogP contribution in [-0.4, -0.2) is 12.1 Å². The number of benzene rings is 1. The summed E-state index contributed by atoms with van der Waals surface area (Å²) in [5.74, 6) is 0.659. The number of hydrogen-bond donors (Lipinski definition) is 0. The summed E-state index contributed by atoms with van der Waals surface area (Å²) in [4.78, 5) is 4.35. The molecule has 0 bridgehead atoms. The SMILES string of the molecule is COc1ccc(-c2ccccc2)c(C)n1. The number of methoxy groups -OCH3 is 1. The fourth-order valence-corrected chi connectivity index (χ4v) is 1.57. The third kappa shape index (κ3) is 1.99. The Morgan fingerprint density at radius 2 is 1.73 bits per heavy atom. The summed E-state index contributed by atoms with van der Waals surface area (Å²) in [7, 11) is 1.63. The van der Waals surface area contributed by atoms with E-state index in [1.54, 1.807) is 7.11 Å². The zero-order valence-corrected chi connectivity index (χ0v) is 8.90. The largest absolute Gasteiger partial charge is 0.481 e. The van der Waals surface area contributed by atoms with Crippen LogP contribution in [0.15, 0.2) is 42.5 Å². The third-order valence-corrected chi connectivity index (χ3v) is 2.35. The van der Waals surface area contributed by atoms with Crippen LogP contribution in [-0.2, 0) is 0 Å². The van der Waals surface area contributed by atoms with Crippen LogP contribution < -0.4 is 4.74 Å². The minimum Gasteiger partial charge on any atom is -0.481 e. The lowest BCUT2D eigenvalue weighted by Crippen LogP contribution is -1.92. The van der Waals surface area contributed by atoms with Crippen LogP contribution in [0.25, 0.3) is 11.1 Å². The Labute approximate surface area is 89.6 Å². The Kier molecular flexibility index (Phi) is 2.68. The molecule has 0 fully saturated rings. The first-order chi connectivity index (χ1) is 7.31. The molecule has 0 spiro atoms. The summed E-state index contributed by atoms with van der Waals surface area (Å²) in [5.41, 5.74) is 3.32. The third-order valence-electron chi connectivity index (χ3n) is 2.35. The predicted molar refractivity (Wildman–Crippen MR) is 61.0 cm³/mol. The second-order valence-corrected chi connectivity index (χ2v) is 3.35. The minimum absolute atomic E-state index is 0.659. The summed E-state index contributed by atoms with van der Waals surface area (Å²) in [6.07, 6.45) is 0. The summed E-state index contributed by atoms with van der Waals surface area (Å²) in [6, 6.07) is 14.1. The van der Waals surface area contributed by atoms with Gasteiger partial charge in [0.2, 0.25) is 5.88 Å². The lowest BCUT2D eigenvalue weighted by Gasteiger charge is -2.06. The van der Waals surface area contributed by atoms with Crippen molar-refractivity contribution >= 4 is 0 Å². The molecule has 0 aliphatic carbocycles. The Balaban J connectivity index is 2.46. The molecule has 0 saturated heterocycles. The summed E-state index contributed by atoms with van der Waals surface area (Å²) < 4.78 is 5.07. The van der Waals surface area contributed by atoms with E-state index in [-0.39, 0.29) is 0 Å². The monoisotopic (exact) mass is 199 g/mol. The van der Waals surface area contributed by atoms with Gasteiger partial charge in [0.05, 0.1) is 7.11 Å². The predicted octanol–water partition coefficient (Wildman–Crippen LogP) is 3.07. The van der Waals surface area contributed by atoms with Crippen molar-refractivity contribution in [3.8, 4) is 17.0 Å². The van der Waals surface area contributed by atoms with Crippen LogP contribution in [0, 0.1) is 6.92 Å². The lowest BCUT2D eigenvalue weighted by atomic mass is 10.1. The fourth-order valence-electron chi connectivity index (χ4n) is 1.57. The van der Waals surface area contributed by atoms with Gasteiger partial charge in [-0.1, -0.05) is 30.3 Å². The van der Waals surface area contributed by atoms with E-state index in [2.05, 4.69) is 17.1 Å². The molecular weight excluding hydrogens is 186 g/mol. The number of rotatable bonds is 2. The second kappa shape index (κ2) is 4.13. The van der Waals surface area contributed by atoms with E-state index in [4.69, 9.17) is 4.74 Å². The smallest absolute Gasteiger partial charge is 0.213 e. The van der Waals surface area contributed by atoms with Crippen molar-refractivity contribution < 1.29 is 4.74 Å². The maximum Gasteiger partial charge on any atom is 0.213 e. The van der Waals surface area contributed by atoms with Gasteiger partial charge in [0.1, 0.15) is 0 Å². The molecular formula is C13H13NO. The Morgan fingerprint density at radius 1 is 1.00 bits per heavy atom. The second-order valence-electron chi connectivity index (χ2n) is 3.35. The highest BCUT2D eigenvalue weighted by Gasteiger charge is 2.03. The van der Waals surface area contributed by atoms with Crippen LogP contribution in [0.4, 0.5) is 0 Å². The van der Waals surface area contributed by atoms with Gasteiger partial charge in [-0.15, -0.1) is 0 Å². The topological polar surface area (TPSA) is 22.1 Å². The highest BCUT2D eigenvalue weighted by Crippen LogP contribution is 2.23. The van der Waals surface area contributed by atoms with Crippen molar-refractivity contribution in [1.82, 2.24) is 4.98 Å². The van der Waals surface area contributed by atoms with Crippen molar-refractivity contribution in [2.45, 2.75) is 6.92 Å². The van der Waals surface area contributed by atoms with Crippen LogP contribution in [0.5, 0.6) is 5.88 Å². The van der Waals surface area contributed by atoms with Gasteiger partial charge in [-0.3, -0.25) is 0 Å². The van der Waals surface area contributed by atoms with E-state index in [1.807, 2.05) is 37.3 Å². The number of pyridine rings is 1.